The highest BCUT2D eigenvalue weighted by Gasteiger charge is 2.10. The molecule has 3 rings (SSSR count). The van der Waals surface area contributed by atoms with Crippen molar-refractivity contribution in [2.75, 3.05) is 17.6 Å². The van der Waals surface area contributed by atoms with Crippen LogP contribution in [0, 0.1) is 0 Å². The van der Waals surface area contributed by atoms with Gasteiger partial charge in [-0.3, -0.25) is 9.59 Å². The van der Waals surface area contributed by atoms with Crippen molar-refractivity contribution < 1.29 is 9.59 Å². The second-order valence-electron chi connectivity index (χ2n) is 6.11. The van der Waals surface area contributed by atoms with Gasteiger partial charge in [0, 0.05) is 17.7 Å². The minimum absolute atomic E-state index is 0.162. The monoisotopic (exact) mass is 359 g/mol. The van der Waals surface area contributed by atoms with E-state index in [1.807, 2.05) is 30.3 Å². The number of nitrogen functional groups attached to an aromatic ring is 1. The van der Waals surface area contributed by atoms with Crippen molar-refractivity contribution in [3.63, 3.8) is 0 Å². The van der Waals surface area contributed by atoms with Gasteiger partial charge in [-0.2, -0.15) is 0 Å². The number of hydrogen-bond acceptors (Lipinski definition) is 3. The molecular formula is C22H21N3O2. The molecule has 0 radical (unpaired) electrons. The van der Waals surface area contributed by atoms with Crippen molar-refractivity contribution in [2.24, 2.45) is 0 Å². The molecule has 0 atom stereocenters. The molecule has 4 N–H and O–H groups in total. The van der Waals surface area contributed by atoms with Gasteiger partial charge in [0.2, 0.25) is 0 Å². The SMILES string of the molecule is Nc1ccccc1NC(=O)c1ccc(C(=O)NCCc2ccccc2)cc1. The lowest BCUT2D eigenvalue weighted by atomic mass is 10.1. The predicted molar refractivity (Wildman–Crippen MR) is 108 cm³/mol. The number of anilines is 2. The van der Waals surface area contributed by atoms with E-state index in [1.165, 1.54) is 5.56 Å². The fourth-order valence-electron chi connectivity index (χ4n) is 2.65. The third-order valence-corrected chi connectivity index (χ3v) is 4.16. The zero-order valence-corrected chi connectivity index (χ0v) is 14.8. The van der Waals surface area contributed by atoms with E-state index in [9.17, 15) is 9.59 Å². The summed E-state index contributed by atoms with van der Waals surface area (Å²) in [5.41, 5.74) is 9.03. The van der Waals surface area contributed by atoms with Gasteiger partial charge in [-0.05, 0) is 48.4 Å². The first-order valence-corrected chi connectivity index (χ1v) is 8.71. The molecule has 3 aromatic carbocycles. The van der Waals surface area contributed by atoms with Crippen LogP contribution in [0.3, 0.4) is 0 Å². The van der Waals surface area contributed by atoms with Crippen molar-refractivity contribution in [1.29, 1.82) is 0 Å². The highest BCUT2D eigenvalue weighted by Crippen LogP contribution is 2.18. The number of nitrogens with two attached hydrogens (primary N) is 1. The van der Waals surface area contributed by atoms with Gasteiger partial charge in [0.1, 0.15) is 0 Å². The van der Waals surface area contributed by atoms with Crippen molar-refractivity contribution in [3.8, 4) is 0 Å². The van der Waals surface area contributed by atoms with Gasteiger partial charge >= 0.3 is 0 Å². The zero-order chi connectivity index (χ0) is 19.1. The number of rotatable bonds is 6. The Morgan fingerprint density at radius 3 is 2.00 bits per heavy atom. The van der Waals surface area contributed by atoms with Crippen molar-refractivity contribution >= 4 is 23.2 Å². The molecular weight excluding hydrogens is 338 g/mol. The number of carbonyl (C=O) groups excluding carboxylic acids is 2. The van der Waals surface area contributed by atoms with Crippen molar-refractivity contribution in [1.82, 2.24) is 5.32 Å². The zero-order valence-electron chi connectivity index (χ0n) is 14.8. The van der Waals surface area contributed by atoms with E-state index in [0.29, 0.717) is 29.0 Å². The smallest absolute Gasteiger partial charge is 0.255 e. The van der Waals surface area contributed by atoms with E-state index in [-0.39, 0.29) is 11.8 Å². The number of hydrogen-bond donors (Lipinski definition) is 3. The first kappa shape index (κ1) is 18.2. The van der Waals surface area contributed by atoms with Crippen LogP contribution in [0.15, 0.2) is 78.9 Å². The maximum absolute atomic E-state index is 12.3. The van der Waals surface area contributed by atoms with Crippen LogP contribution in [0.5, 0.6) is 0 Å². The van der Waals surface area contributed by atoms with Gasteiger partial charge in [-0.25, -0.2) is 0 Å². The van der Waals surface area contributed by atoms with Gasteiger partial charge in [0.05, 0.1) is 11.4 Å². The van der Waals surface area contributed by atoms with E-state index < -0.39 is 0 Å². The minimum atomic E-state index is -0.274. The average Bonchev–Trinajstić information content (AvgIpc) is 2.70. The lowest BCUT2D eigenvalue weighted by molar-refractivity contribution is 0.0952. The Labute approximate surface area is 158 Å². The molecule has 0 bridgehead atoms. The molecule has 0 aliphatic carbocycles. The summed E-state index contributed by atoms with van der Waals surface area (Å²) in [7, 11) is 0. The molecule has 0 unspecified atom stereocenters. The van der Waals surface area contributed by atoms with Crippen LogP contribution >= 0.6 is 0 Å². The minimum Gasteiger partial charge on any atom is -0.397 e. The molecule has 5 nitrogen and oxygen atoms in total. The van der Waals surface area contributed by atoms with Gasteiger partial charge < -0.3 is 16.4 Å². The molecule has 0 spiro atoms. The van der Waals surface area contributed by atoms with Crippen LogP contribution in [-0.4, -0.2) is 18.4 Å². The summed E-state index contributed by atoms with van der Waals surface area (Å²) in [4.78, 5) is 24.5. The Balaban J connectivity index is 1.55. The molecule has 3 aromatic rings. The van der Waals surface area contributed by atoms with Crippen LogP contribution in [0.2, 0.25) is 0 Å². The van der Waals surface area contributed by atoms with E-state index in [2.05, 4.69) is 10.6 Å². The van der Waals surface area contributed by atoms with E-state index in [0.717, 1.165) is 6.42 Å². The fraction of sp³-hybridized carbons (Fsp3) is 0.0909. The maximum Gasteiger partial charge on any atom is 0.255 e. The van der Waals surface area contributed by atoms with Crippen LogP contribution in [0.1, 0.15) is 26.3 Å². The van der Waals surface area contributed by atoms with E-state index in [1.54, 1.807) is 48.5 Å². The molecule has 0 saturated carbocycles. The molecule has 0 heterocycles. The predicted octanol–water partition coefficient (Wildman–Crippen LogP) is 3.49. The first-order valence-electron chi connectivity index (χ1n) is 8.71. The maximum atomic E-state index is 12.3. The quantitative estimate of drug-likeness (QED) is 0.589. The summed E-state index contributed by atoms with van der Waals surface area (Å²) < 4.78 is 0. The Morgan fingerprint density at radius 2 is 1.33 bits per heavy atom. The molecule has 5 heteroatoms. The topological polar surface area (TPSA) is 84.2 Å². The third kappa shape index (κ3) is 4.95. The molecule has 0 fully saturated rings. The van der Waals surface area contributed by atoms with E-state index in [4.69, 9.17) is 5.73 Å². The summed E-state index contributed by atoms with van der Waals surface area (Å²) in [6.45, 7) is 0.554. The van der Waals surface area contributed by atoms with Crippen molar-refractivity contribution in [3.05, 3.63) is 95.6 Å². The number of amides is 2. The van der Waals surface area contributed by atoms with Crippen molar-refractivity contribution in [2.45, 2.75) is 6.42 Å². The summed E-state index contributed by atoms with van der Waals surface area (Å²) in [6, 6.07) is 23.6. The van der Waals surface area contributed by atoms with Gasteiger partial charge in [-0.15, -0.1) is 0 Å². The molecule has 2 amide bonds. The summed E-state index contributed by atoms with van der Waals surface area (Å²) in [6.07, 6.45) is 0.769. The summed E-state index contributed by atoms with van der Waals surface area (Å²) in [5, 5.41) is 5.65. The number of nitrogens with one attached hydrogen (secondary N) is 2. The average molecular weight is 359 g/mol. The summed E-state index contributed by atoms with van der Waals surface area (Å²) in [5.74, 6) is -0.436. The number of carbonyl (C=O) groups is 2. The molecule has 0 aromatic heterocycles. The molecule has 0 aliphatic rings. The van der Waals surface area contributed by atoms with Crippen LogP contribution < -0.4 is 16.4 Å². The molecule has 0 saturated heterocycles. The Kier molecular flexibility index (Phi) is 5.84. The molecule has 27 heavy (non-hydrogen) atoms. The fourth-order valence-corrected chi connectivity index (χ4v) is 2.65. The largest absolute Gasteiger partial charge is 0.397 e. The Bertz CT molecular complexity index is 922. The second kappa shape index (κ2) is 8.67. The highest BCUT2D eigenvalue weighted by atomic mass is 16.2. The lowest BCUT2D eigenvalue weighted by Gasteiger charge is -2.09. The summed E-state index contributed by atoms with van der Waals surface area (Å²) >= 11 is 0. The van der Waals surface area contributed by atoms with Gasteiger partial charge in [-0.1, -0.05) is 42.5 Å². The number of benzene rings is 3. The van der Waals surface area contributed by atoms with Gasteiger partial charge in [0.25, 0.3) is 11.8 Å². The van der Waals surface area contributed by atoms with Crippen LogP contribution in [-0.2, 0) is 6.42 Å². The van der Waals surface area contributed by atoms with Gasteiger partial charge in [0.15, 0.2) is 0 Å². The second-order valence-corrected chi connectivity index (χ2v) is 6.11. The molecule has 136 valence electrons. The Morgan fingerprint density at radius 1 is 0.741 bits per heavy atom. The van der Waals surface area contributed by atoms with E-state index >= 15 is 0 Å². The highest BCUT2D eigenvalue weighted by molar-refractivity contribution is 6.06. The third-order valence-electron chi connectivity index (χ3n) is 4.16. The normalized spacial score (nSPS) is 10.2. The standard InChI is InChI=1S/C22H21N3O2/c23-19-8-4-5-9-20(19)25-22(27)18-12-10-17(11-13-18)21(26)24-15-14-16-6-2-1-3-7-16/h1-13H,14-15,23H2,(H,24,26)(H,25,27). The molecule has 0 aliphatic heterocycles. The Hall–Kier alpha value is -3.60. The first-order chi connectivity index (χ1) is 13.1. The number of para-hydroxylation sites is 2. The van der Waals surface area contributed by atoms with Crippen LogP contribution in [0.4, 0.5) is 11.4 Å². The van der Waals surface area contributed by atoms with Crippen LogP contribution in [0.25, 0.3) is 0 Å². The lowest BCUT2D eigenvalue weighted by Crippen LogP contribution is -2.25.